The highest BCUT2D eigenvalue weighted by atomic mass is 35.5. The van der Waals surface area contributed by atoms with Gasteiger partial charge in [0.05, 0.1) is 23.5 Å². The van der Waals surface area contributed by atoms with Crippen LogP contribution in [0.4, 0.5) is 0 Å². The predicted octanol–water partition coefficient (Wildman–Crippen LogP) is 5.15. The van der Waals surface area contributed by atoms with Crippen molar-refractivity contribution in [2.45, 2.75) is 26.6 Å². The number of benzene rings is 2. The molecule has 0 N–H and O–H groups in total. The molecule has 0 spiro atoms. The second kappa shape index (κ2) is 8.63. The quantitative estimate of drug-likeness (QED) is 0.412. The number of fused-ring (bicyclic) bond motifs is 1. The lowest BCUT2D eigenvalue weighted by Gasteiger charge is -2.16. The van der Waals surface area contributed by atoms with E-state index in [1.807, 2.05) is 49.4 Å². The van der Waals surface area contributed by atoms with E-state index in [-0.39, 0.29) is 18.3 Å². The van der Waals surface area contributed by atoms with E-state index in [4.69, 9.17) is 20.8 Å². The molecule has 7 heteroatoms. The second-order valence-electron chi connectivity index (χ2n) is 6.95. The van der Waals surface area contributed by atoms with Crippen molar-refractivity contribution in [2.75, 3.05) is 7.05 Å². The van der Waals surface area contributed by atoms with Crippen molar-refractivity contribution in [3.8, 4) is 5.75 Å². The maximum absolute atomic E-state index is 12.8. The van der Waals surface area contributed by atoms with Crippen molar-refractivity contribution < 1.29 is 13.9 Å². The maximum atomic E-state index is 12.8. The average Bonchev–Trinajstić information content (AvgIpc) is 3.38. The third kappa shape index (κ3) is 4.04. The number of aromatic nitrogens is 2. The van der Waals surface area contributed by atoms with Crippen LogP contribution in [-0.2, 0) is 19.7 Å². The van der Waals surface area contributed by atoms with E-state index in [1.165, 1.54) is 0 Å². The molecule has 4 rings (SSSR count). The van der Waals surface area contributed by atoms with Gasteiger partial charge in [0.1, 0.15) is 18.1 Å². The van der Waals surface area contributed by atoms with E-state index >= 15 is 0 Å². The fourth-order valence-corrected chi connectivity index (χ4v) is 3.54. The Morgan fingerprint density at radius 1 is 1.17 bits per heavy atom. The van der Waals surface area contributed by atoms with Crippen LogP contribution in [0.3, 0.4) is 0 Å². The summed E-state index contributed by atoms with van der Waals surface area (Å²) in [6.07, 6.45) is 1.59. The SMILES string of the molecule is CCn1ncc(Cl)c1CN(C)C(=O)c1ccc(COc2cccc3ccccc23)o1. The van der Waals surface area contributed by atoms with Gasteiger partial charge in [-0.25, -0.2) is 0 Å². The van der Waals surface area contributed by atoms with Gasteiger partial charge in [0.15, 0.2) is 5.76 Å². The van der Waals surface area contributed by atoms with Gasteiger partial charge in [-0.3, -0.25) is 9.48 Å². The van der Waals surface area contributed by atoms with Gasteiger partial charge in [0.2, 0.25) is 0 Å². The minimum atomic E-state index is -0.230. The molecule has 2 aromatic heterocycles. The summed E-state index contributed by atoms with van der Waals surface area (Å²) in [5, 5.41) is 6.89. The molecular formula is C23H22ClN3O3. The molecule has 30 heavy (non-hydrogen) atoms. The topological polar surface area (TPSA) is 60.5 Å². The van der Waals surface area contributed by atoms with Crippen LogP contribution in [0.15, 0.2) is 65.2 Å². The fraction of sp³-hybridized carbons (Fsp3) is 0.217. The van der Waals surface area contributed by atoms with Crippen molar-refractivity contribution >= 4 is 28.3 Å². The highest BCUT2D eigenvalue weighted by Gasteiger charge is 2.19. The van der Waals surface area contributed by atoms with Gasteiger partial charge in [-0.1, -0.05) is 48.0 Å². The molecule has 0 unspecified atom stereocenters. The van der Waals surface area contributed by atoms with Crippen LogP contribution in [0.1, 0.15) is 28.9 Å². The number of halogens is 1. The number of rotatable bonds is 7. The molecule has 2 aromatic carbocycles. The first-order valence-corrected chi connectivity index (χ1v) is 10.1. The first-order chi connectivity index (χ1) is 14.6. The highest BCUT2D eigenvalue weighted by molar-refractivity contribution is 6.31. The molecule has 0 fully saturated rings. The zero-order valence-corrected chi connectivity index (χ0v) is 17.6. The normalized spacial score (nSPS) is 11.0. The zero-order valence-electron chi connectivity index (χ0n) is 16.8. The number of carbonyl (C=O) groups is 1. The number of ether oxygens (including phenoxy) is 1. The molecule has 0 atom stereocenters. The Morgan fingerprint density at radius 2 is 1.97 bits per heavy atom. The summed E-state index contributed by atoms with van der Waals surface area (Å²) in [6, 6.07) is 17.4. The molecule has 0 aliphatic rings. The largest absolute Gasteiger partial charge is 0.485 e. The molecule has 0 saturated heterocycles. The molecule has 0 bridgehead atoms. The van der Waals surface area contributed by atoms with Crippen LogP contribution < -0.4 is 4.74 Å². The smallest absolute Gasteiger partial charge is 0.289 e. The lowest BCUT2D eigenvalue weighted by molar-refractivity contribution is 0.0746. The summed E-state index contributed by atoms with van der Waals surface area (Å²) in [6.45, 7) is 3.23. The van der Waals surface area contributed by atoms with Crippen LogP contribution in [-0.4, -0.2) is 27.6 Å². The van der Waals surface area contributed by atoms with Crippen molar-refractivity contribution in [2.24, 2.45) is 0 Å². The predicted molar refractivity (Wildman–Crippen MR) is 116 cm³/mol. The summed E-state index contributed by atoms with van der Waals surface area (Å²) in [5.41, 5.74) is 0.793. The third-order valence-corrected chi connectivity index (χ3v) is 5.24. The van der Waals surface area contributed by atoms with Gasteiger partial charge in [-0.2, -0.15) is 5.10 Å². The lowest BCUT2D eigenvalue weighted by atomic mass is 10.1. The van der Waals surface area contributed by atoms with Crippen molar-refractivity contribution in [1.82, 2.24) is 14.7 Å². The maximum Gasteiger partial charge on any atom is 0.289 e. The molecule has 2 heterocycles. The highest BCUT2D eigenvalue weighted by Crippen LogP contribution is 2.26. The number of furan rings is 1. The number of nitrogens with zero attached hydrogens (tertiary/aromatic N) is 3. The van der Waals surface area contributed by atoms with E-state index in [0.29, 0.717) is 23.9 Å². The first kappa shape index (κ1) is 20.0. The Bertz CT molecular complexity index is 1180. The fourth-order valence-electron chi connectivity index (χ4n) is 3.34. The first-order valence-electron chi connectivity index (χ1n) is 9.71. The summed E-state index contributed by atoms with van der Waals surface area (Å²) >= 11 is 6.20. The van der Waals surface area contributed by atoms with Gasteiger partial charge in [-0.15, -0.1) is 0 Å². The van der Waals surface area contributed by atoms with Crippen LogP contribution in [0, 0.1) is 0 Å². The van der Waals surface area contributed by atoms with Gasteiger partial charge < -0.3 is 14.1 Å². The van der Waals surface area contributed by atoms with Gasteiger partial charge in [0, 0.05) is 19.0 Å². The van der Waals surface area contributed by atoms with E-state index in [1.54, 1.807) is 35.0 Å². The second-order valence-corrected chi connectivity index (χ2v) is 7.36. The van der Waals surface area contributed by atoms with Crippen LogP contribution in [0.5, 0.6) is 5.75 Å². The summed E-state index contributed by atoms with van der Waals surface area (Å²) in [7, 11) is 1.71. The van der Waals surface area contributed by atoms with Gasteiger partial charge in [0.25, 0.3) is 5.91 Å². The molecule has 154 valence electrons. The Morgan fingerprint density at radius 3 is 2.80 bits per heavy atom. The minimum Gasteiger partial charge on any atom is -0.485 e. The molecule has 6 nitrogen and oxygen atoms in total. The Balaban J connectivity index is 1.43. The van der Waals surface area contributed by atoms with Crippen LogP contribution >= 0.6 is 11.6 Å². The zero-order chi connectivity index (χ0) is 21.1. The summed E-state index contributed by atoms with van der Waals surface area (Å²) in [5.74, 6) is 1.38. The van der Waals surface area contributed by atoms with Crippen molar-refractivity contribution in [3.05, 3.63) is 83.0 Å². The monoisotopic (exact) mass is 423 g/mol. The van der Waals surface area contributed by atoms with E-state index in [9.17, 15) is 4.79 Å². The molecule has 0 radical (unpaired) electrons. The summed E-state index contributed by atoms with van der Waals surface area (Å²) < 4.78 is 13.5. The molecule has 4 aromatic rings. The number of amides is 1. The Kier molecular flexibility index (Phi) is 5.77. The van der Waals surface area contributed by atoms with Crippen molar-refractivity contribution in [3.63, 3.8) is 0 Å². The number of carbonyl (C=O) groups excluding carboxylic acids is 1. The number of hydrogen-bond donors (Lipinski definition) is 0. The minimum absolute atomic E-state index is 0.230. The van der Waals surface area contributed by atoms with E-state index in [0.717, 1.165) is 22.2 Å². The van der Waals surface area contributed by atoms with Crippen molar-refractivity contribution in [1.29, 1.82) is 0 Å². The van der Waals surface area contributed by atoms with Gasteiger partial charge in [-0.05, 0) is 30.5 Å². The number of aryl methyl sites for hydroxylation is 1. The summed E-state index contributed by atoms with van der Waals surface area (Å²) in [4.78, 5) is 14.3. The van der Waals surface area contributed by atoms with Crippen LogP contribution in [0.25, 0.3) is 10.8 Å². The number of hydrogen-bond acceptors (Lipinski definition) is 4. The van der Waals surface area contributed by atoms with Crippen LogP contribution in [0.2, 0.25) is 5.02 Å². The van der Waals surface area contributed by atoms with Gasteiger partial charge >= 0.3 is 0 Å². The van der Waals surface area contributed by atoms with E-state index in [2.05, 4.69) is 5.10 Å². The molecule has 0 aliphatic carbocycles. The molecule has 1 amide bonds. The standard InChI is InChI=1S/C23H22ClN3O3/c1-3-27-20(19(24)13-25-27)14-26(2)23(28)22-12-11-17(30-22)15-29-21-10-6-8-16-7-4-5-9-18(16)21/h4-13H,3,14-15H2,1-2H3. The molecule has 0 saturated carbocycles. The molecular weight excluding hydrogens is 402 g/mol. The third-order valence-electron chi connectivity index (χ3n) is 4.92. The lowest BCUT2D eigenvalue weighted by Crippen LogP contribution is -2.27. The Hall–Kier alpha value is -3.25. The molecule has 0 aliphatic heterocycles. The average molecular weight is 424 g/mol. The Labute approximate surface area is 179 Å². The van der Waals surface area contributed by atoms with E-state index < -0.39 is 0 Å².